The number of ether oxygens (including phenoxy) is 1. The van der Waals surface area contributed by atoms with Crippen molar-refractivity contribution in [2.45, 2.75) is 20.0 Å². The van der Waals surface area contributed by atoms with Crippen LogP contribution in [0.15, 0.2) is 62.3 Å². The third-order valence-electron chi connectivity index (χ3n) is 4.13. The smallest absolute Gasteiger partial charge is 0.336 e. The van der Waals surface area contributed by atoms with Crippen molar-refractivity contribution in [3.63, 3.8) is 0 Å². The van der Waals surface area contributed by atoms with Crippen LogP contribution in [-0.2, 0) is 13.0 Å². The first-order valence-corrected chi connectivity index (χ1v) is 8.79. The van der Waals surface area contributed by atoms with E-state index in [0.717, 1.165) is 17.4 Å². The van der Waals surface area contributed by atoms with Gasteiger partial charge in [0.25, 0.3) is 5.89 Å². The Balaban J connectivity index is 1.54. The van der Waals surface area contributed by atoms with Gasteiger partial charge in [-0.25, -0.2) is 4.79 Å². The van der Waals surface area contributed by atoms with Crippen LogP contribution in [-0.4, -0.2) is 10.1 Å². The summed E-state index contributed by atoms with van der Waals surface area (Å²) in [4.78, 5) is 16.0. The molecule has 0 N–H and O–H groups in total. The van der Waals surface area contributed by atoms with Crippen molar-refractivity contribution in [3.05, 3.63) is 75.4 Å². The Morgan fingerprint density at radius 3 is 2.81 bits per heavy atom. The Bertz CT molecular complexity index is 1170. The highest BCUT2D eigenvalue weighted by Gasteiger charge is 2.12. The van der Waals surface area contributed by atoms with E-state index in [4.69, 9.17) is 25.3 Å². The van der Waals surface area contributed by atoms with Crippen molar-refractivity contribution in [2.75, 3.05) is 0 Å². The van der Waals surface area contributed by atoms with Crippen LogP contribution in [0, 0.1) is 0 Å². The predicted octanol–water partition coefficient (Wildman–Crippen LogP) is 4.64. The Kier molecular flexibility index (Phi) is 4.64. The fourth-order valence-corrected chi connectivity index (χ4v) is 3.02. The molecule has 2 aromatic carbocycles. The second kappa shape index (κ2) is 7.25. The van der Waals surface area contributed by atoms with Gasteiger partial charge in [-0.05, 0) is 36.2 Å². The van der Waals surface area contributed by atoms with Gasteiger partial charge in [0, 0.05) is 23.1 Å². The molecule has 0 bridgehead atoms. The fraction of sp³-hybridized carbons (Fsp3) is 0.150. The molecule has 27 heavy (non-hydrogen) atoms. The molecule has 6 nitrogen and oxygen atoms in total. The SMILES string of the molecule is CCc1cc(=O)oc2cc(OCc3nc(-c4ccccc4Cl)no3)ccc12. The minimum atomic E-state index is -0.377. The van der Waals surface area contributed by atoms with Gasteiger partial charge in [0.05, 0.1) is 5.02 Å². The molecule has 0 fully saturated rings. The zero-order valence-corrected chi connectivity index (χ0v) is 15.2. The first-order chi connectivity index (χ1) is 13.1. The molecule has 0 aliphatic heterocycles. The van der Waals surface area contributed by atoms with Crippen molar-refractivity contribution >= 4 is 22.6 Å². The molecule has 0 spiro atoms. The highest BCUT2D eigenvalue weighted by molar-refractivity contribution is 6.33. The molecular formula is C20H15ClN2O4. The van der Waals surface area contributed by atoms with Gasteiger partial charge in [-0.3, -0.25) is 0 Å². The number of aryl methyl sites for hydroxylation is 1. The molecule has 136 valence electrons. The average molecular weight is 383 g/mol. The molecule has 0 saturated carbocycles. The van der Waals surface area contributed by atoms with E-state index in [9.17, 15) is 4.79 Å². The van der Waals surface area contributed by atoms with E-state index in [0.29, 0.717) is 33.6 Å². The Hall–Kier alpha value is -3.12. The lowest BCUT2D eigenvalue weighted by molar-refractivity contribution is 0.243. The molecule has 0 radical (unpaired) electrons. The monoisotopic (exact) mass is 382 g/mol. The van der Waals surface area contributed by atoms with Gasteiger partial charge in [0.15, 0.2) is 6.61 Å². The van der Waals surface area contributed by atoms with E-state index < -0.39 is 0 Å². The molecule has 7 heteroatoms. The van der Waals surface area contributed by atoms with Crippen LogP contribution in [0.1, 0.15) is 18.4 Å². The van der Waals surface area contributed by atoms with Crippen LogP contribution in [0.5, 0.6) is 5.75 Å². The lowest BCUT2D eigenvalue weighted by Gasteiger charge is -2.06. The Morgan fingerprint density at radius 2 is 2.00 bits per heavy atom. The summed E-state index contributed by atoms with van der Waals surface area (Å²) in [6.45, 7) is 2.07. The second-order valence-corrected chi connectivity index (χ2v) is 6.29. The second-order valence-electron chi connectivity index (χ2n) is 5.88. The Labute approximate surface area is 159 Å². The molecule has 2 aromatic heterocycles. The summed E-state index contributed by atoms with van der Waals surface area (Å²) >= 11 is 6.15. The van der Waals surface area contributed by atoms with Gasteiger partial charge in [-0.1, -0.05) is 35.8 Å². The van der Waals surface area contributed by atoms with Crippen LogP contribution in [0.3, 0.4) is 0 Å². The Morgan fingerprint density at radius 1 is 1.15 bits per heavy atom. The van der Waals surface area contributed by atoms with E-state index in [1.165, 1.54) is 6.07 Å². The van der Waals surface area contributed by atoms with Gasteiger partial charge in [0.1, 0.15) is 11.3 Å². The van der Waals surface area contributed by atoms with Gasteiger partial charge in [0.2, 0.25) is 5.82 Å². The van der Waals surface area contributed by atoms with Crippen molar-refractivity contribution in [1.29, 1.82) is 0 Å². The first kappa shape index (κ1) is 17.3. The fourth-order valence-electron chi connectivity index (χ4n) is 2.80. The summed E-state index contributed by atoms with van der Waals surface area (Å²) < 4.78 is 16.2. The van der Waals surface area contributed by atoms with E-state index in [1.807, 2.05) is 37.3 Å². The number of halogens is 1. The highest BCUT2D eigenvalue weighted by atomic mass is 35.5. The van der Waals surface area contributed by atoms with Crippen molar-refractivity contribution in [2.24, 2.45) is 0 Å². The van der Waals surface area contributed by atoms with Crippen LogP contribution < -0.4 is 10.4 Å². The number of benzene rings is 2. The van der Waals surface area contributed by atoms with Gasteiger partial charge < -0.3 is 13.7 Å². The largest absolute Gasteiger partial charge is 0.484 e. The van der Waals surface area contributed by atoms with E-state index in [1.54, 1.807) is 12.1 Å². The molecule has 0 unspecified atom stereocenters. The number of hydrogen-bond donors (Lipinski definition) is 0. The summed E-state index contributed by atoms with van der Waals surface area (Å²) in [5, 5.41) is 5.37. The van der Waals surface area contributed by atoms with Crippen LogP contribution in [0.2, 0.25) is 5.02 Å². The first-order valence-electron chi connectivity index (χ1n) is 8.41. The minimum absolute atomic E-state index is 0.0840. The standard InChI is InChI=1S/C20H15ClN2O4/c1-2-12-9-19(24)26-17-10-13(7-8-14(12)17)25-11-18-22-20(23-27-18)15-5-3-4-6-16(15)21/h3-10H,2,11H2,1H3. The van der Waals surface area contributed by atoms with E-state index in [2.05, 4.69) is 10.1 Å². The molecule has 0 atom stereocenters. The zero-order chi connectivity index (χ0) is 18.8. The van der Waals surface area contributed by atoms with Crippen molar-refractivity contribution in [1.82, 2.24) is 10.1 Å². The van der Waals surface area contributed by atoms with Gasteiger partial charge in [-0.15, -0.1) is 0 Å². The third-order valence-corrected chi connectivity index (χ3v) is 4.46. The molecule has 4 rings (SSSR count). The average Bonchev–Trinajstić information content (AvgIpc) is 3.14. The summed E-state index contributed by atoms with van der Waals surface area (Å²) in [5.74, 6) is 1.25. The van der Waals surface area contributed by atoms with Crippen molar-refractivity contribution in [3.8, 4) is 17.1 Å². The lowest BCUT2D eigenvalue weighted by Crippen LogP contribution is -2.00. The highest BCUT2D eigenvalue weighted by Crippen LogP contribution is 2.26. The van der Waals surface area contributed by atoms with Crippen molar-refractivity contribution < 1.29 is 13.7 Å². The topological polar surface area (TPSA) is 78.4 Å². The molecule has 2 heterocycles. The number of fused-ring (bicyclic) bond motifs is 1. The third kappa shape index (κ3) is 3.57. The lowest BCUT2D eigenvalue weighted by atomic mass is 10.1. The number of aromatic nitrogens is 2. The maximum absolute atomic E-state index is 11.7. The summed E-state index contributed by atoms with van der Waals surface area (Å²) in [6, 6.07) is 14.1. The number of rotatable bonds is 5. The number of hydrogen-bond acceptors (Lipinski definition) is 6. The van der Waals surface area contributed by atoms with E-state index in [-0.39, 0.29) is 12.2 Å². The predicted molar refractivity (Wildman–Crippen MR) is 101 cm³/mol. The molecular weight excluding hydrogens is 368 g/mol. The zero-order valence-electron chi connectivity index (χ0n) is 14.4. The normalized spacial score (nSPS) is 11.0. The number of nitrogens with zero attached hydrogens (tertiary/aromatic N) is 2. The van der Waals surface area contributed by atoms with Crippen LogP contribution >= 0.6 is 11.6 Å². The molecule has 0 saturated heterocycles. The quantitative estimate of drug-likeness (QED) is 0.468. The minimum Gasteiger partial charge on any atom is -0.484 e. The molecule has 0 amide bonds. The molecule has 0 aliphatic rings. The summed E-state index contributed by atoms with van der Waals surface area (Å²) in [7, 11) is 0. The molecule has 4 aromatic rings. The molecule has 0 aliphatic carbocycles. The maximum Gasteiger partial charge on any atom is 0.336 e. The van der Waals surface area contributed by atoms with E-state index >= 15 is 0 Å². The van der Waals surface area contributed by atoms with Crippen LogP contribution in [0.4, 0.5) is 0 Å². The summed E-state index contributed by atoms with van der Waals surface area (Å²) in [6.07, 6.45) is 0.745. The summed E-state index contributed by atoms with van der Waals surface area (Å²) in [5.41, 5.74) is 1.74. The van der Waals surface area contributed by atoms with Crippen LogP contribution in [0.25, 0.3) is 22.4 Å². The maximum atomic E-state index is 11.7. The van der Waals surface area contributed by atoms with Gasteiger partial charge >= 0.3 is 5.63 Å². The van der Waals surface area contributed by atoms with Gasteiger partial charge in [-0.2, -0.15) is 4.98 Å².